The molecule has 1 N–H and O–H groups in total. The van der Waals surface area contributed by atoms with E-state index in [2.05, 4.69) is 22.3 Å². The molecule has 1 fully saturated rings. The molecule has 1 saturated heterocycles. The number of amides is 1. The molecule has 2 aromatic rings. The molecule has 1 heterocycles. The standard InChI is InChI=1S/C20H24N2O2/c1-16(23)21-13-17-11-12-22(14-17)15-18-7-5-6-10-20(18)24-19-8-3-2-4-9-19/h2-10,17H,11-15H2,1H3,(H,21,23)/t17-/m1/s1. The largest absolute Gasteiger partial charge is 0.457 e. The smallest absolute Gasteiger partial charge is 0.216 e. The van der Waals surface area contributed by atoms with Crippen LogP contribution in [0.1, 0.15) is 18.9 Å². The van der Waals surface area contributed by atoms with E-state index in [1.807, 2.05) is 42.5 Å². The van der Waals surface area contributed by atoms with Crippen LogP contribution in [0.2, 0.25) is 0 Å². The number of para-hydroxylation sites is 2. The van der Waals surface area contributed by atoms with Crippen molar-refractivity contribution in [3.8, 4) is 11.5 Å². The Bertz CT molecular complexity index is 672. The van der Waals surface area contributed by atoms with Crippen LogP contribution in [0, 0.1) is 5.92 Å². The Morgan fingerprint density at radius 1 is 1.17 bits per heavy atom. The molecule has 3 rings (SSSR count). The minimum Gasteiger partial charge on any atom is -0.457 e. The SMILES string of the molecule is CC(=O)NC[C@H]1CCN(Cc2ccccc2Oc2ccccc2)C1. The number of nitrogens with one attached hydrogen (secondary N) is 1. The fourth-order valence-electron chi connectivity index (χ4n) is 3.10. The topological polar surface area (TPSA) is 41.6 Å². The number of carbonyl (C=O) groups excluding carboxylic acids is 1. The van der Waals surface area contributed by atoms with Gasteiger partial charge in [-0.1, -0.05) is 36.4 Å². The van der Waals surface area contributed by atoms with Crippen LogP contribution < -0.4 is 10.1 Å². The molecule has 1 amide bonds. The van der Waals surface area contributed by atoms with Crippen LogP contribution in [0.5, 0.6) is 11.5 Å². The number of carbonyl (C=O) groups is 1. The lowest BCUT2D eigenvalue weighted by Crippen LogP contribution is -2.29. The zero-order valence-corrected chi connectivity index (χ0v) is 14.1. The number of hydrogen-bond acceptors (Lipinski definition) is 3. The van der Waals surface area contributed by atoms with Crippen molar-refractivity contribution in [2.24, 2.45) is 5.92 Å². The minimum absolute atomic E-state index is 0.0510. The molecular formula is C20H24N2O2. The van der Waals surface area contributed by atoms with E-state index in [-0.39, 0.29) is 5.91 Å². The van der Waals surface area contributed by atoms with E-state index in [1.165, 1.54) is 5.56 Å². The Morgan fingerprint density at radius 3 is 2.71 bits per heavy atom. The van der Waals surface area contributed by atoms with Crippen LogP contribution in [0.15, 0.2) is 54.6 Å². The van der Waals surface area contributed by atoms with Crippen LogP contribution in [-0.2, 0) is 11.3 Å². The first-order chi connectivity index (χ1) is 11.7. The van der Waals surface area contributed by atoms with Crippen molar-refractivity contribution in [2.45, 2.75) is 19.9 Å². The molecule has 0 unspecified atom stereocenters. The molecule has 1 aliphatic rings. The fourth-order valence-corrected chi connectivity index (χ4v) is 3.10. The molecule has 126 valence electrons. The van der Waals surface area contributed by atoms with Crippen LogP contribution >= 0.6 is 0 Å². The number of ether oxygens (including phenoxy) is 1. The molecule has 4 heteroatoms. The van der Waals surface area contributed by atoms with Gasteiger partial charge >= 0.3 is 0 Å². The maximum absolute atomic E-state index is 11.1. The first-order valence-electron chi connectivity index (χ1n) is 8.48. The lowest BCUT2D eigenvalue weighted by Gasteiger charge is -2.18. The van der Waals surface area contributed by atoms with E-state index in [4.69, 9.17) is 4.74 Å². The highest BCUT2D eigenvalue weighted by molar-refractivity contribution is 5.72. The number of rotatable bonds is 6. The van der Waals surface area contributed by atoms with Crippen molar-refractivity contribution >= 4 is 5.91 Å². The second-order valence-electron chi connectivity index (χ2n) is 6.35. The van der Waals surface area contributed by atoms with E-state index in [0.29, 0.717) is 5.92 Å². The van der Waals surface area contributed by atoms with Crippen LogP contribution in [0.25, 0.3) is 0 Å². The molecule has 4 nitrogen and oxygen atoms in total. The van der Waals surface area contributed by atoms with Crippen LogP contribution in [0.4, 0.5) is 0 Å². The summed E-state index contributed by atoms with van der Waals surface area (Å²) >= 11 is 0. The van der Waals surface area contributed by atoms with E-state index < -0.39 is 0 Å². The van der Waals surface area contributed by atoms with Gasteiger partial charge in [0, 0.05) is 32.1 Å². The molecule has 0 saturated carbocycles. The van der Waals surface area contributed by atoms with Crippen molar-refractivity contribution in [3.05, 3.63) is 60.2 Å². The fraction of sp³-hybridized carbons (Fsp3) is 0.350. The average Bonchev–Trinajstić information content (AvgIpc) is 3.03. The summed E-state index contributed by atoms with van der Waals surface area (Å²) in [6.07, 6.45) is 1.13. The number of likely N-dealkylation sites (tertiary alicyclic amines) is 1. The second-order valence-corrected chi connectivity index (χ2v) is 6.35. The van der Waals surface area contributed by atoms with Gasteiger partial charge in [-0.25, -0.2) is 0 Å². The molecule has 0 aromatic heterocycles. The number of hydrogen-bond donors (Lipinski definition) is 1. The van der Waals surface area contributed by atoms with Crippen molar-refractivity contribution in [2.75, 3.05) is 19.6 Å². The van der Waals surface area contributed by atoms with Gasteiger partial charge in [-0.15, -0.1) is 0 Å². The third kappa shape index (κ3) is 4.59. The van der Waals surface area contributed by atoms with Gasteiger partial charge in [-0.2, -0.15) is 0 Å². The van der Waals surface area contributed by atoms with Gasteiger partial charge in [-0.3, -0.25) is 9.69 Å². The quantitative estimate of drug-likeness (QED) is 0.885. The predicted molar refractivity (Wildman–Crippen MR) is 95.0 cm³/mol. The average molecular weight is 324 g/mol. The third-order valence-corrected chi connectivity index (χ3v) is 4.35. The van der Waals surface area contributed by atoms with Gasteiger partial charge in [0.15, 0.2) is 0 Å². The van der Waals surface area contributed by atoms with Gasteiger partial charge in [-0.05, 0) is 37.1 Å². The highest BCUT2D eigenvalue weighted by Gasteiger charge is 2.23. The Balaban J connectivity index is 1.61. The molecular weight excluding hydrogens is 300 g/mol. The van der Waals surface area contributed by atoms with E-state index in [0.717, 1.165) is 44.1 Å². The van der Waals surface area contributed by atoms with E-state index in [1.54, 1.807) is 6.92 Å². The maximum atomic E-state index is 11.1. The van der Waals surface area contributed by atoms with Crippen molar-refractivity contribution in [1.82, 2.24) is 10.2 Å². The van der Waals surface area contributed by atoms with Crippen molar-refractivity contribution < 1.29 is 9.53 Å². The molecule has 0 bridgehead atoms. The van der Waals surface area contributed by atoms with Gasteiger partial charge in [0.1, 0.15) is 11.5 Å². The first-order valence-corrected chi connectivity index (χ1v) is 8.48. The summed E-state index contributed by atoms with van der Waals surface area (Å²) < 4.78 is 6.04. The zero-order valence-electron chi connectivity index (χ0n) is 14.1. The minimum atomic E-state index is 0.0510. The van der Waals surface area contributed by atoms with Crippen molar-refractivity contribution in [1.29, 1.82) is 0 Å². The first kappa shape index (κ1) is 16.5. The van der Waals surface area contributed by atoms with Gasteiger partial charge in [0.05, 0.1) is 0 Å². The molecule has 1 atom stereocenters. The highest BCUT2D eigenvalue weighted by atomic mass is 16.5. The summed E-state index contributed by atoms with van der Waals surface area (Å²) in [4.78, 5) is 13.5. The summed E-state index contributed by atoms with van der Waals surface area (Å²) in [6.45, 7) is 5.29. The lowest BCUT2D eigenvalue weighted by molar-refractivity contribution is -0.119. The van der Waals surface area contributed by atoms with Crippen LogP contribution in [0.3, 0.4) is 0 Å². The summed E-state index contributed by atoms with van der Waals surface area (Å²) in [5.41, 5.74) is 1.20. The molecule has 0 spiro atoms. The van der Waals surface area contributed by atoms with Gasteiger partial charge < -0.3 is 10.1 Å². The van der Waals surface area contributed by atoms with E-state index >= 15 is 0 Å². The zero-order chi connectivity index (χ0) is 16.8. The van der Waals surface area contributed by atoms with E-state index in [9.17, 15) is 4.79 Å². The Labute approximate surface area is 143 Å². The summed E-state index contributed by atoms with van der Waals surface area (Å²) in [5.74, 6) is 2.36. The summed E-state index contributed by atoms with van der Waals surface area (Å²) in [6, 6.07) is 18.1. The van der Waals surface area contributed by atoms with Crippen molar-refractivity contribution in [3.63, 3.8) is 0 Å². The molecule has 1 aliphatic heterocycles. The van der Waals surface area contributed by atoms with Gasteiger partial charge in [0.25, 0.3) is 0 Å². The highest BCUT2D eigenvalue weighted by Crippen LogP contribution is 2.27. The Hall–Kier alpha value is -2.33. The lowest BCUT2D eigenvalue weighted by atomic mass is 10.1. The maximum Gasteiger partial charge on any atom is 0.216 e. The van der Waals surface area contributed by atoms with Gasteiger partial charge in [0.2, 0.25) is 5.91 Å². The number of nitrogens with zero attached hydrogens (tertiary/aromatic N) is 1. The monoisotopic (exact) mass is 324 g/mol. The Morgan fingerprint density at radius 2 is 1.92 bits per heavy atom. The number of benzene rings is 2. The molecule has 2 aromatic carbocycles. The normalized spacial score (nSPS) is 17.6. The second kappa shape index (κ2) is 7.97. The van der Waals surface area contributed by atoms with Crippen LogP contribution in [-0.4, -0.2) is 30.4 Å². The summed E-state index contributed by atoms with van der Waals surface area (Å²) in [7, 11) is 0. The molecule has 0 aliphatic carbocycles. The molecule has 24 heavy (non-hydrogen) atoms. The predicted octanol–water partition coefficient (Wildman–Crippen LogP) is 3.44. The Kier molecular flexibility index (Phi) is 5.49. The third-order valence-electron chi connectivity index (χ3n) is 4.35. The summed E-state index contributed by atoms with van der Waals surface area (Å²) in [5, 5.41) is 2.93. The molecule has 0 radical (unpaired) electrons.